The van der Waals surface area contributed by atoms with Crippen LogP contribution in [0.25, 0.3) is 0 Å². The SMILES string of the molecule is CN(Cc1nccn1Cc1ccccc1)C(C(N)=O)c1ccccc1. The van der Waals surface area contributed by atoms with Gasteiger partial charge in [0.05, 0.1) is 6.54 Å². The molecule has 0 aliphatic carbocycles. The summed E-state index contributed by atoms with van der Waals surface area (Å²) in [4.78, 5) is 18.4. The van der Waals surface area contributed by atoms with Crippen molar-refractivity contribution in [2.24, 2.45) is 5.73 Å². The van der Waals surface area contributed by atoms with E-state index in [4.69, 9.17) is 5.73 Å². The molecule has 0 saturated heterocycles. The van der Waals surface area contributed by atoms with E-state index in [9.17, 15) is 4.79 Å². The molecule has 0 aliphatic heterocycles. The van der Waals surface area contributed by atoms with Crippen molar-refractivity contribution < 1.29 is 4.79 Å². The summed E-state index contributed by atoms with van der Waals surface area (Å²) in [6.45, 7) is 1.28. The number of nitrogens with zero attached hydrogens (tertiary/aromatic N) is 3. The summed E-state index contributed by atoms with van der Waals surface area (Å²) in [6.07, 6.45) is 3.74. The maximum atomic E-state index is 12.0. The van der Waals surface area contributed by atoms with Crippen molar-refractivity contribution in [1.29, 1.82) is 0 Å². The van der Waals surface area contributed by atoms with Gasteiger partial charge in [-0.1, -0.05) is 60.7 Å². The van der Waals surface area contributed by atoms with Crippen molar-refractivity contribution in [3.8, 4) is 0 Å². The van der Waals surface area contributed by atoms with Gasteiger partial charge >= 0.3 is 0 Å². The fraction of sp³-hybridized carbons (Fsp3) is 0.200. The van der Waals surface area contributed by atoms with Crippen LogP contribution in [0.15, 0.2) is 73.1 Å². The molecule has 1 unspecified atom stereocenters. The molecule has 5 nitrogen and oxygen atoms in total. The lowest BCUT2D eigenvalue weighted by Gasteiger charge is -2.25. The van der Waals surface area contributed by atoms with Gasteiger partial charge in [0.15, 0.2) is 0 Å². The summed E-state index contributed by atoms with van der Waals surface area (Å²) in [5.41, 5.74) is 7.75. The van der Waals surface area contributed by atoms with Crippen LogP contribution in [0.3, 0.4) is 0 Å². The summed E-state index contributed by atoms with van der Waals surface area (Å²) < 4.78 is 2.09. The Balaban J connectivity index is 1.77. The van der Waals surface area contributed by atoms with Crippen molar-refractivity contribution in [3.05, 3.63) is 90.0 Å². The molecule has 0 radical (unpaired) electrons. The zero-order valence-electron chi connectivity index (χ0n) is 14.2. The highest BCUT2D eigenvalue weighted by atomic mass is 16.1. The molecule has 5 heteroatoms. The number of likely N-dealkylation sites (N-methyl/N-ethyl adjacent to an activating group) is 1. The summed E-state index contributed by atoms with van der Waals surface area (Å²) in [7, 11) is 1.89. The number of nitrogens with two attached hydrogens (primary N) is 1. The van der Waals surface area contributed by atoms with Crippen LogP contribution in [-0.2, 0) is 17.9 Å². The van der Waals surface area contributed by atoms with E-state index in [0.717, 1.165) is 17.9 Å². The first kappa shape index (κ1) is 16.9. The predicted octanol–water partition coefficient (Wildman–Crippen LogP) is 2.59. The quantitative estimate of drug-likeness (QED) is 0.722. The summed E-state index contributed by atoms with van der Waals surface area (Å²) >= 11 is 0. The first-order valence-corrected chi connectivity index (χ1v) is 8.23. The smallest absolute Gasteiger partial charge is 0.239 e. The number of hydrogen-bond donors (Lipinski definition) is 1. The average molecular weight is 334 g/mol. The van der Waals surface area contributed by atoms with Gasteiger partial charge in [0.1, 0.15) is 11.9 Å². The first-order chi connectivity index (χ1) is 12.1. The zero-order valence-corrected chi connectivity index (χ0v) is 14.2. The minimum atomic E-state index is -0.483. The van der Waals surface area contributed by atoms with Gasteiger partial charge in [-0.15, -0.1) is 0 Å². The molecule has 2 aromatic carbocycles. The van der Waals surface area contributed by atoms with Gasteiger partial charge in [-0.25, -0.2) is 4.98 Å². The molecule has 0 fully saturated rings. The number of aromatic nitrogens is 2. The summed E-state index contributed by atoms with van der Waals surface area (Å²) in [6, 6.07) is 19.3. The molecule has 1 atom stereocenters. The van der Waals surface area contributed by atoms with Crippen molar-refractivity contribution in [3.63, 3.8) is 0 Å². The number of carbonyl (C=O) groups is 1. The molecule has 25 heavy (non-hydrogen) atoms. The van der Waals surface area contributed by atoms with Crippen molar-refractivity contribution in [2.75, 3.05) is 7.05 Å². The molecule has 128 valence electrons. The summed E-state index contributed by atoms with van der Waals surface area (Å²) in [5.74, 6) is 0.531. The standard InChI is InChI=1S/C20H22N4O/c1-23(19(20(21)25)17-10-6-3-7-11-17)15-18-22-12-13-24(18)14-16-8-4-2-5-9-16/h2-13,19H,14-15H2,1H3,(H2,21,25). The van der Waals surface area contributed by atoms with Crippen LogP contribution in [0.1, 0.15) is 23.0 Å². The largest absolute Gasteiger partial charge is 0.368 e. The third-order valence-corrected chi connectivity index (χ3v) is 4.21. The van der Waals surface area contributed by atoms with E-state index in [1.807, 2.05) is 66.7 Å². The number of carbonyl (C=O) groups excluding carboxylic acids is 1. The Morgan fingerprint density at radius 1 is 1.12 bits per heavy atom. The first-order valence-electron chi connectivity index (χ1n) is 8.23. The third kappa shape index (κ3) is 4.14. The second-order valence-corrected chi connectivity index (χ2v) is 6.09. The Labute approximate surface area is 147 Å². The van der Waals surface area contributed by atoms with Crippen LogP contribution in [-0.4, -0.2) is 27.4 Å². The molecule has 0 spiro atoms. The normalized spacial score (nSPS) is 12.2. The van der Waals surface area contributed by atoms with E-state index in [2.05, 4.69) is 21.7 Å². The van der Waals surface area contributed by atoms with Gasteiger partial charge in [-0.05, 0) is 18.2 Å². The highest BCUT2D eigenvalue weighted by molar-refractivity contribution is 5.81. The zero-order chi connectivity index (χ0) is 17.6. The molecule has 0 saturated carbocycles. The van der Waals surface area contributed by atoms with E-state index in [1.54, 1.807) is 6.20 Å². The Morgan fingerprint density at radius 3 is 2.40 bits per heavy atom. The fourth-order valence-corrected chi connectivity index (χ4v) is 3.00. The van der Waals surface area contributed by atoms with Crippen LogP contribution >= 0.6 is 0 Å². The maximum Gasteiger partial charge on any atom is 0.239 e. The van der Waals surface area contributed by atoms with Gasteiger partial charge < -0.3 is 10.3 Å². The Morgan fingerprint density at radius 2 is 1.76 bits per heavy atom. The fourth-order valence-electron chi connectivity index (χ4n) is 3.00. The third-order valence-electron chi connectivity index (χ3n) is 4.21. The lowest BCUT2D eigenvalue weighted by atomic mass is 10.1. The molecule has 2 N–H and O–H groups in total. The molecule has 1 heterocycles. The van der Waals surface area contributed by atoms with Crippen molar-refractivity contribution >= 4 is 5.91 Å². The molecule has 3 rings (SSSR count). The molecule has 1 aromatic heterocycles. The van der Waals surface area contributed by atoms with Crippen molar-refractivity contribution in [1.82, 2.24) is 14.5 Å². The number of imidazole rings is 1. The second kappa shape index (κ2) is 7.77. The highest BCUT2D eigenvalue weighted by Gasteiger charge is 2.23. The highest BCUT2D eigenvalue weighted by Crippen LogP contribution is 2.20. The Hall–Kier alpha value is -2.92. The van der Waals surface area contributed by atoms with Gasteiger partial charge in [0.25, 0.3) is 0 Å². The van der Waals surface area contributed by atoms with E-state index in [1.165, 1.54) is 5.56 Å². The molecule has 1 amide bonds. The van der Waals surface area contributed by atoms with Crippen LogP contribution in [0.4, 0.5) is 0 Å². The van der Waals surface area contributed by atoms with Gasteiger partial charge in [0, 0.05) is 18.9 Å². The van der Waals surface area contributed by atoms with Crippen LogP contribution in [0.2, 0.25) is 0 Å². The maximum absolute atomic E-state index is 12.0. The number of benzene rings is 2. The minimum absolute atomic E-state index is 0.366. The van der Waals surface area contributed by atoms with Gasteiger partial charge in [-0.2, -0.15) is 0 Å². The van der Waals surface area contributed by atoms with E-state index < -0.39 is 6.04 Å². The van der Waals surface area contributed by atoms with Gasteiger partial charge in [-0.3, -0.25) is 9.69 Å². The van der Waals surface area contributed by atoms with Crippen LogP contribution in [0.5, 0.6) is 0 Å². The average Bonchev–Trinajstić information content (AvgIpc) is 3.03. The summed E-state index contributed by atoms with van der Waals surface area (Å²) in [5, 5.41) is 0. The predicted molar refractivity (Wildman–Crippen MR) is 97.6 cm³/mol. The monoisotopic (exact) mass is 334 g/mol. The minimum Gasteiger partial charge on any atom is -0.368 e. The van der Waals surface area contributed by atoms with E-state index in [-0.39, 0.29) is 5.91 Å². The van der Waals surface area contributed by atoms with Crippen LogP contribution < -0.4 is 5.73 Å². The lowest BCUT2D eigenvalue weighted by molar-refractivity contribution is -0.123. The molecular formula is C20H22N4O. The van der Waals surface area contributed by atoms with E-state index >= 15 is 0 Å². The molecular weight excluding hydrogens is 312 g/mol. The van der Waals surface area contributed by atoms with E-state index in [0.29, 0.717) is 6.54 Å². The number of primary amides is 1. The molecule has 3 aromatic rings. The number of amides is 1. The lowest BCUT2D eigenvalue weighted by Crippen LogP contribution is -2.35. The number of hydrogen-bond acceptors (Lipinski definition) is 3. The Bertz CT molecular complexity index is 814. The second-order valence-electron chi connectivity index (χ2n) is 6.09. The molecule has 0 bridgehead atoms. The van der Waals surface area contributed by atoms with Crippen molar-refractivity contribution in [2.45, 2.75) is 19.1 Å². The topological polar surface area (TPSA) is 64.2 Å². The number of rotatable bonds is 7. The van der Waals surface area contributed by atoms with Crippen LogP contribution in [0, 0.1) is 0 Å². The van der Waals surface area contributed by atoms with Gasteiger partial charge in [0.2, 0.25) is 5.91 Å². The molecule has 0 aliphatic rings. The Kier molecular flexibility index (Phi) is 5.26.